The van der Waals surface area contributed by atoms with Crippen LogP contribution in [-0.4, -0.2) is 31.1 Å². The lowest BCUT2D eigenvalue weighted by Crippen LogP contribution is -2.37. The number of piperidine rings is 1. The van der Waals surface area contributed by atoms with Gasteiger partial charge >= 0.3 is 0 Å². The molecule has 2 N–H and O–H groups in total. The standard InChI is InChI=1S/C13H22N2S/c1-11-4-6-15(7-5-11)10-12(9-14)13-3-2-8-16-13/h2-3,8,11-12H,4-7,9-10,14H2,1H3. The molecule has 0 bridgehead atoms. The normalized spacial score (nSPS) is 21.1. The molecule has 16 heavy (non-hydrogen) atoms. The molecule has 1 saturated heterocycles. The molecule has 1 aromatic heterocycles. The average molecular weight is 238 g/mol. The van der Waals surface area contributed by atoms with Crippen LogP contribution in [0, 0.1) is 5.92 Å². The van der Waals surface area contributed by atoms with Crippen molar-refractivity contribution in [3.63, 3.8) is 0 Å². The zero-order chi connectivity index (χ0) is 11.4. The number of nitrogens with zero attached hydrogens (tertiary/aromatic N) is 1. The number of hydrogen-bond donors (Lipinski definition) is 1. The van der Waals surface area contributed by atoms with Crippen LogP contribution in [0.25, 0.3) is 0 Å². The van der Waals surface area contributed by atoms with Crippen LogP contribution < -0.4 is 5.73 Å². The highest BCUT2D eigenvalue weighted by atomic mass is 32.1. The van der Waals surface area contributed by atoms with E-state index in [4.69, 9.17) is 5.73 Å². The van der Waals surface area contributed by atoms with Gasteiger partial charge in [0.15, 0.2) is 0 Å². The van der Waals surface area contributed by atoms with Gasteiger partial charge in [-0.15, -0.1) is 11.3 Å². The Morgan fingerprint density at radius 2 is 2.25 bits per heavy atom. The van der Waals surface area contributed by atoms with Crippen molar-refractivity contribution in [2.45, 2.75) is 25.7 Å². The van der Waals surface area contributed by atoms with Gasteiger partial charge in [0.05, 0.1) is 0 Å². The lowest BCUT2D eigenvalue weighted by molar-refractivity contribution is 0.183. The second-order valence-electron chi connectivity index (χ2n) is 4.93. The lowest BCUT2D eigenvalue weighted by atomic mass is 9.97. The summed E-state index contributed by atoms with van der Waals surface area (Å²) in [5.41, 5.74) is 5.89. The summed E-state index contributed by atoms with van der Waals surface area (Å²) in [7, 11) is 0. The van der Waals surface area contributed by atoms with Crippen molar-refractivity contribution in [3.05, 3.63) is 22.4 Å². The van der Waals surface area contributed by atoms with Gasteiger partial charge in [0.2, 0.25) is 0 Å². The predicted octanol–water partition coefficient (Wildman–Crippen LogP) is 2.52. The Bertz CT molecular complexity index is 289. The smallest absolute Gasteiger partial charge is 0.0183 e. The van der Waals surface area contributed by atoms with E-state index in [9.17, 15) is 0 Å². The van der Waals surface area contributed by atoms with E-state index >= 15 is 0 Å². The minimum atomic E-state index is 0.536. The van der Waals surface area contributed by atoms with E-state index in [2.05, 4.69) is 29.3 Å². The molecular formula is C13H22N2S. The third kappa shape index (κ3) is 3.06. The first kappa shape index (κ1) is 12.1. The molecule has 1 unspecified atom stereocenters. The monoisotopic (exact) mass is 238 g/mol. The second kappa shape index (κ2) is 5.80. The van der Waals surface area contributed by atoms with Gasteiger partial charge in [-0.05, 0) is 43.3 Å². The van der Waals surface area contributed by atoms with E-state index in [1.165, 1.54) is 30.8 Å². The molecule has 0 aliphatic carbocycles. The molecule has 2 nitrogen and oxygen atoms in total. The minimum Gasteiger partial charge on any atom is -0.330 e. The molecule has 90 valence electrons. The topological polar surface area (TPSA) is 29.3 Å². The van der Waals surface area contributed by atoms with Crippen molar-refractivity contribution in [3.8, 4) is 0 Å². The van der Waals surface area contributed by atoms with E-state index in [0.29, 0.717) is 5.92 Å². The van der Waals surface area contributed by atoms with Crippen molar-refractivity contribution in [1.29, 1.82) is 0 Å². The highest BCUT2D eigenvalue weighted by Crippen LogP contribution is 2.24. The summed E-state index contributed by atoms with van der Waals surface area (Å²) in [5.74, 6) is 1.45. The summed E-state index contributed by atoms with van der Waals surface area (Å²) in [5, 5.41) is 2.15. The van der Waals surface area contributed by atoms with Gasteiger partial charge in [-0.2, -0.15) is 0 Å². The average Bonchev–Trinajstić information content (AvgIpc) is 2.82. The fourth-order valence-corrected chi connectivity index (χ4v) is 3.20. The first-order valence-corrected chi connectivity index (χ1v) is 7.13. The molecule has 0 radical (unpaired) electrons. The maximum Gasteiger partial charge on any atom is 0.0183 e. The Morgan fingerprint density at radius 1 is 1.50 bits per heavy atom. The highest BCUT2D eigenvalue weighted by Gasteiger charge is 2.20. The van der Waals surface area contributed by atoms with E-state index in [1.54, 1.807) is 0 Å². The highest BCUT2D eigenvalue weighted by molar-refractivity contribution is 7.10. The second-order valence-corrected chi connectivity index (χ2v) is 5.91. The number of hydrogen-bond acceptors (Lipinski definition) is 3. The molecule has 2 rings (SSSR count). The van der Waals surface area contributed by atoms with Crippen molar-refractivity contribution < 1.29 is 0 Å². The number of thiophene rings is 1. The number of rotatable bonds is 4. The van der Waals surface area contributed by atoms with Crippen molar-refractivity contribution in [1.82, 2.24) is 4.90 Å². The van der Waals surface area contributed by atoms with Gasteiger partial charge in [0.1, 0.15) is 0 Å². The summed E-state index contributed by atoms with van der Waals surface area (Å²) in [4.78, 5) is 4.03. The summed E-state index contributed by atoms with van der Waals surface area (Å²) >= 11 is 1.84. The molecule has 0 spiro atoms. The zero-order valence-corrected chi connectivity index (χ0v) is 10.9. The van der Waals surface area contributed by atoms with Gasteiger partial charge in [0.25, 0.3) is 0 Å². The van der Waals surface area contributed by atoms with E-state index in [-0.39, 0.29) is 0 Å². The number of nitrogens with two attached hydrogens (primary N) is 1. The quantitative estimate of drug-likeness (QED) is 0.873. The van der Waals surface area contributed by atoms with Crippen LogP contribution in [0.1, 0.15) is 30.6 Å². The predicted molar refractivity (Wildman–Crippen MR) is 71.0 cm³/mol. The fraction of sp³-hybridized carbons (Fsp3) is 0.692. The van der Waals surface area contributed by atoms with Crippen LogP contribution in [0.4, 0.5) is 0 Å². The van der Waals surface area contributed by atoms with Crippen LogP contribution >= 0.6 is 11.3 Å². The molecule has 1 aliphatic rings. The van der Waals surface area contributed by atoms with E-state index < -0.39 is 0 Å². The molecule has 1 aromatic rings. The van der Waals surface area contributed by atoms with Crippen LogP contribution in [0.15, 0.2) is 17.5 Å². The molecule has 0 saturated carbocycles. The Balaban J connectivity index is 1.87. The minimum absolute atomic E-state index is 0.536. The van der Waals surface area contributed by atoms with Crippen molar-refractivity contribution >= 4 is 11.3 Å². The van der Waals surface area contributed by atoms with E-state index in [0.717, 1.165) is 19.0 Å². The van der Waals surface area contributed by atoms with E-state index in [1.807, 2.05) is 11.3 Å². The first-order chi connectivity index (χ1) is 7.79. The molecule has 2 heterocycles. The molecular weight excluding hydrogens is 216 g/mol. The summed E-state index contributed by atoms with van der Waals surface area (Å²) in [6.45, 7) is 6.78. The largest absolute Gasteiger partial charge is 0.330 e. The summed E-state index contributed by atoms with van der Waals surface area (Å²) in [6, 6.07) is 4.34. The maximum atomic E-state index is 5.89. The van der Waals surface area contributed by atoms with Crippen LogP contribution in [0.2, 0.25) is 0 Å². The third-order valence-corrected chi connectivity index (χ3v) is 4.62. The third-order valence-electron chi connectivity index (χ3n) is 3.58. The number of likely N-dealkylation sites (tertiary alicyclic amines) is 1. The Morgan fingerprint density at radius 3 is 2.81 bits per heavy atom. The maximum absolute atomic E-state index is 5.89. The first-order valence-electron chi connectivity index (χ1n) is 6.25. The lowest BCUT2D eigenvalue weighted by Gasteiger charge is -2.32. The molecule has 1 fully saturated rings. The van der Waals surface area contributed by atoms with Crippen LogP contribution in [0.5, 0.6) is 0 Å². The molecule has 0 amide bonds. The Labute approximate surface area is 102 Å². The fourth-order valence-electron chi connectivity index (χ4n) is 2.36. The summed E-state index contributed by atoms with van der Waals surface area (Å²) < 4.78 is 0. The zero-order valence-electron chi connectivity index (χ0n) is 10.1. The Kier molecular flexibility index (Phi) is 4.38. The van der Waals surface area contributed by atoms with Gasteiger partial charge < -0.3 is 10.6 Å². The Hall–Kier alpha value is -0.380. The SMILES string of the molecule is CC1CCN(CC(CN)c2cccs2)CC1. The van der Waals surface area contributed by atoms with Gasteiger partial charge in [-0.1, -0.05) is 13.0 Å². The molecule has 3 heteroatoms. The molecule has 1 atom stereocenters. The van der Waals surface area contributed by atoms with Gasteiger partial charge in [-0.25, -0.2) is 0 Å². The van der Waals surface area contributed by atoms with Crippen molar-refractivity contribution in [2.75, 3.05) is 26.2 Å². The van der Waals surface area contributed by atoms with Gasteiger partial charge in [0, 0.05) is 23.9 Å². The summed E-state index contributed by atoms with van der Waals surface area (Å²) in [6.07, 6.45) is 2.70. The van der Waals surface area contributed by atoms with Crippen LogP contribution in [0.3, 0.4) is 0 Å². The van der Waals surface area contributed by atoms with Crippen LogP contribution in [-0.2, 0) is 0 Å². The van der Waals surface area contributed by atoms with Crippen molar-refractivity contribution in [2.24, 2.45) is 11.7 Å². The molecule has 0 aromatic carbocycles. The van der Waals surface area contributed by atoms with Gasteiger partial charge in [-0.3, -0.25) is 0 Å². The molecule has 1 aliphatic heterocycles.